The van der Waals surface area contributed by atoms with Gasteiger partial charge in [-0.05, 0) is 43.5 Å². The van der Waals surface area contributed by atoms with Crippen molar-refractivity contribution in [2.45, 2.75) is 25.4 Å². The average Bonchev–Trinajstić information content (AvgIpc) is 2.88. The Labute approximate surface area is 121 Å². The van der Waals surface area contributed by atoms with Crippen LogP contribution in [0.15, 0.2) is 24.3 Å². The Bertz CT molecular complexity index is 405. The Morgan fingerprint density at radius 1 is 1.30 bits per heavy atom. The molecule has 0 aromatic heterocycles. The van der Waals surface area contributed by atoms with Crippen molar-refractivity contribution in [1.29, 1.82) is 0 Å². The summed E-state index contributed by atoms with van der Waals surface area (Å²) in [5, 5.41) is 0. The summed E-state index contributed by atoms with van der Waals surface area (Å²) in [7, 11) is 3.46. The monoisotopic (exact) mass is 278 g/mol. The Hall–Kier alpha value is -1.10. The zero-order chi connectivity index (χ0) is 14.5. The number of nitrogens with two attached hydrogens (primary N) is 1. The van der Waals surface area contributed by atoms with Crippen LogP contribution in [0, 0.1) is 5.92 Å². The molecule has 112 valence electrons. The molecule has 0 spiro atoms. The quantitative estimate of drug-likeness (QED) is 0.865. The van der Waals surface area contributed by atoms with Gasteiger partial charge in [-0.2, -0.15) is 0 Å². The van der Waals surface area contributed by atoms with E-state index >= 15 is 0 Å². The summed E-state index contributed by atoms with van der Waals surface area (Å²) in [5.74, 6) is 1.51. The first-order valence-electron chi connectivity index (χ1n) is 7.28. The second-order valence-corrected chi connectivity index (χ2v) is 5.68. The second kappa shape index (κ2) is 7.07. The molecule has 0 bridgehead atoms. The fraction of sp³-hybridized carbons (Fsp3) is 0.625. The van der Waals surface area contributed by atoms with E-state index < -0.39 is 0 Å². The summed E-state index contributed by atoms with van der Waals surface area (Å²) in [5.41, 5.74) is 7.50. The van der Waals surface area contributed by atoms with Crippen molar-refractivity contribution in [3.8, 4) is 5.75 Å². The molecule has 0 aliphatic carbocycles. The van der Waals surface area contributed by atoms with E-state index in [0.29, 0.717) is 5.92 Å². The summed E-state index contributed by atoms with van der Waals surface area (Å²) in [6, 6.07) is 8.63. The first-order chi connectivity index (χ1) is 9.65. The van der Waals surface area contributed by atoms with Crippen molar-refractivity contribution in [3.05, 3.63) is 29.8 Å². The van der Waals surface area contributed by atoms with E-state index in [1.54, 1.807) is 14.2 Å². The Balaban J connectivity index is 2.10. The maximum Gasteiger partial charge on any atom is 0.118 e. The zero-order valence-electron chi connectivity index (χ0n) is 12.7. The van der Waals surface area contributed by atoms with E-state index in [2.05, 4.69) is 24.0 Å². The lowest BCUT2D eigenvalue weighted by Gasteiger charge is -2.31. The fourth-order valence-corrected chi connectivity index (χ4v) is 3.14. The van der Waals surface area contributed by atoms with Gasteiger partial charge in [0.1, 0.15) is 5.75 Å². The van der Waals surface area contributed by atoms with Crippen LogP contribution in [0.2, 0.25) is 0 Å². The van der Waals surface area contributed by atoms with Crippen molar-refractivity contribution in [3.63, 3.8) is 0 Å². The number of hydrogen-bond donors (Lipinski definition) is 1. The van der Waals surface area contributed by atoms with Gasteiger partial charge in [0.15, 0.2) is 0 Å². The van der Waals surface area contributed by atoms with Crippen molar-refractivity contribution < 1.29 is 9.47 Å². The molecule has 4 nitrogen and oxygen atoms in total. The number of hydrogen-bond acceptors (Lipinski definition) is 4. The third kappa shape index (κ3) is 3.51. The molecule has 2 rings (SSSR count). The molecule has 1 aromatic carbocycles. The van der Waals surface area contributed by atoms with Crippen molar-refractivity contribution in [2.75, 3.05) is 33.9 Å². The van der Waals surface area contributed by atoms with Crippen LogP contribution < -0.4 is 10.5 Å². The van der Waals surface area contributed by atoms with Crippen molar-refractivity contribution in [1.82, 2.24) is 4.90 Å². The minimum atomic E-state index is 0.102. The maximum atomic E-state index is 6.23. The number of likely N-dealkylation sites (tertiary alicyclic amines) is 1. The Morgan fingerprint density at radius 2 is 2.00 bits per heavy atom. The molecular weight excluding hydrogens is 252 g/mol. The van der Waals surface area contributed by atoms with Crippen LogP contribution in [-0.4, -0.2) is 44.9 Å². The number of rotatable bonds is 6. The lowest BCUT2D eigenvalue weighted by atomic mass is 9.99. The molecular formula is C16H26N2O2. The van der Waals surface area contributed by atoms with Gasteiger partial charge in [-0.15, -0.1) is 0 Å². The van der Waals surface area contributed by atoms with E-state index in [9.17, 15) is 0 Å². The van der Waals surface area contributed by atoms with Gasteiger partial charge in [0.25, 0.3) is 0 Å². The molecule has 4 heteroatoms. The molecule has 1 saturated heterocycles. The molecule has 1 aliphatic rings. The molecule has 0 amide bonds. The predicted octanol–water partition coefficient (Wildman–Crippen LogP) is 2.05. The second-order valence-electron chi connectivity index (χ2n) is 5.68. The first kappa shape index (κ1) is 15.3. The smallest absolute Gasteiger partial charge is 0.118 e. The molecule has 1 aromatic rings. The molecule has 0 saturated carbocycles. The van der Waals surface area contributed by atoms with E-state index in [1.807, 2.05) is 12.1 Å². The topological polar surface area (TPSA) is 47.7 Å². The van der Waals surface area contributed by atoms with Gasteiger partial charge in [-0.25, -0.2) is 0 Å². The van der Waals surface area contributed by atoms with Crippen LogP contribution in [0.4, 0.5) is 0 Å². The van der Waals surface area contributed by atoms with Gasteiger partial charge >= 0.3 is 0 Å². The molecule has 20 heavy (non-hydrogen) atoms. The standard InChI is InChI=1S/C16H26N2O2/c1-12(17)16(14-4-6-15(20-3)7-5-14)18-9-8-13(10-18)11-19-2/h4-7,12-13,16H,8-11,17H2,1-3H3. The number of nitrogens with zero attached hydrogens (tertiary/aromatic N) is 1. The summed E-state index contributed by atoms with van der Waals surface area (Å²) in [4.78, 5) is 2.48. The third-order valence-corrected chi connectivity index (χ3v) is 4.07. The highest BCUT2D eigenvalue weighted by Crippen LogP contribution is 2.30. The highest BCUT2D eigenvalue weighted by Gasteiger charge is 2.31. The fourth-order valence-electron chi connectivity index (χ4n) is 3.14. The van der Waals surface area contributed by atoms with Gasteiger partial charge in [-0.1, -0.05) is 12.1 Å². The molecule has 1 aliphatic heterocycles. The van der Waals surface area contributed by atoms with Gasteiger partial charge in [-0.3, -0.25) is 4.90 Å². The lowest BCUT2D eigenvalue weighted by molar-refractivity contribution is 0.143. The number of methoxy groups -OCH3 is 2. The normalized spacial score (nSPS) is 22.7. The van der Waals surface area contributed by atoms with Gasteiger partial charge in [0.05, 0.1) is 13.7 Å². The highest BCUT2D eigenvalue weighted by molar-refractivity contribution is 5.30. The number of benzene rings is 1. The van der Waals surface area contributed by atoms with Gasteiger partial charge in [0.2, 0.25) is 0 Å². The van der Waals surface area contributed by atoms with E-state index in [4.69, 9.17) is 15.2 Å². The lowest BCUT2D eigenvalue weighted by Crippen LogP contribution is -2.38. The van der Waals surface area contributed by atoms with Crippen LogP contribution >= 0.6 is 0 Å². The van der Waals surface area contributed by atoms with Crippen molar-refractivity contribution in [2.24, 2.45) is 11.7 Å². The van der Waals surface area contributed by atoms with Crippen molar-refractivity contribution >= 4 is 0 Å². The molecule has 1 heterocycles. The molecule has 1 fully saturated rings. The van der Waals surface area contributed by atoms with E-state index in [-0.39, 0.29) is 12.1 Å². The minimum Gasteiger partial charge on any atom is -0.497 e. The summed E-state index contributed by atoms with van der Waals surface area (Å²) >= 11 is 0. The molecule has 0 radical (unpaired) electrons. The molecule has 2 N–H and O–H groups in total. The Kier molecular flexibility index (Phi) is 5.40. The van der Waals surface area contributed by atoms with Gasteiger partial charge < -0.3 is 15.2 Å². The van der Waals surface area contributed by atoms with Crippen LogP contribution in [0.1, 0.15) is 24.9 Å². The van der Waals surface area contributed by atoms with Gasteiger partial charge in [0, 0.05) is 25.7 Å². The first-order valence-corrected chi connectivity index (χ1v) is 7.28. The highest BCUT2D eigenvalue weighted by atomic mass is 16.5. The third-order valence-electron chi connectivity index (χ3n) is 4.07. The van der Waals surface area contributed by atoms with E-state index in [1.165, 1.54) is 12.0 Å². The maximum absolute atomic E-state index is 6.23. The summed E-state index contributed by atoms with van der Waals surface area (Å²) < 4.78 is 10.5. The van der Waals surface area contributed by atoms with Crippen LogP contribution in [0.3, 0.4) is 0 Å². The predicted molar refractivity (Wildman–Crippen MR) is 80.9 cm³/mol. The largest absolute Gasteiger partial charge is 0.497 e. The Morgan fingerprint density at radius 3 is 2.55 bits per heavy atom. The summed E-state index contributed by atoms with van der Waals surface area (Å²) in [6.07, 6.45) is 1.19. The van der Waals surface area contributed by atoms with E-state index in [0.717, 1.165) is 25.4 Å². The summed E-state index contributed by atoms with van der Waals surface area (Å²) in [6.45, 7) is 5.07. The minimum absolute atomic E-state index is 0.102. The SMILES string of the molecule is COCC1CCN(C(c2ccc(OC)cc2)C(C)N)C1. The number of ether oxygens (including phenoxy) is 2. The van der Waals surface area contributed by atoms with Crippen LogP contribution in [-0.2, 0) is 4.74 Å². The van der Waals surface area contributed by atoms with Crippen LogP contribution in [0.5, 0.6) is 5.75 Å². The molecule has 3 unspecified atom stereocenters. The molecule has 3 atom stereocenters. The average molecular weight is 278 g/mol. The van der Waals surface area contributed by atoms with Crippen LogP contribution in [0.25, 0.3) is 0 Å². The zero-order valence-corrected chi connectivity index (χ0v) is 12.7.